The fraction of sp³-hybridized carbons (Fsp3) is 0.0476. The molecular formula is C21H14ClNO2. The van der Waals surface area contributed by atoms with Gasteiger partial charge >= 0.3 is 0 Å². The van der Waals surface area contributed by atoms with Crippen molar-refractivity contribution in [2.75, 3.05) is 4.90 Å². The topological polar surface area (TPSA) is 37.4 Å². The molecule has 0 unspecified atom stereocenters. The van der Waals surface area contributed by atoms with Gasteiger partial charge in [0.1, 0.15) is 0 Å². The Morgan fingerprint density at radius 1 is 0.720 bits per heavy atom. The van der Waals surface area contributed by atoms with E-state index in [4.69, 9.17) is 11.6 Å². The molecule has 0 aromatic heterocycles. The van der Waals surface area contributed by atoms with E-state index in [1.165, 1.54) is 0 Å². The molecule has 1 aliphatic rings. The first-order valence-electron chi connectivity index (χ1n) is 7.94. The zero-order valence-corrected chi connectivity index (χ0v) is 14.0. The molecule has 0 radical (unpaired) electrons. The van der Waals surface area contributed by atoms with Crippen molar-refractivity contribution in [2.24, 2.45) is 0 Å². The second kappa shape index (κ2) is 6.19. The highest BCUT2D eigenvalue weighted by molar-refractivity contribution is 6.52. The van der Waals surface area contributed by atoms with Crippen molar-refractivity contribution in [3.8, 4) is 0 Å². The van der Waals surface area contributed by atoms with Crippen LogP contribution in [-0.2, 0) is 4.79 Å². The van der Waals surface area contributed by atoms with Gasteiger partial charge in [-0.3, -0.25) is 14.5 Å². The molecule has 0 N–H and O–H groups in total. The van der Waals surface area contributed by atoms with Crippen LogP contribution in [0.2, 0.25) is 5.02 Å². The molecule has 0 spiro atoms. The molecule has 1 atom stereocenters. The van der Waals surface area contributed by atoms with Gasteiger partial charge in [0.25, 0.3) is 11.7 Å². The first-order valence-corrected chi connectivity index (χ1v) is 8.32. The Hall–Kier alpha value is -2.91. The minimum atomic E-state index is -0.509. The fourth-order valence-corrected chi connectivity index (χ4v) is 3.36. The first kappa shape index (κ1) is 15.6. The number of rotatable bonds is 3. The Labute approximate surface area is 150 Å². The van der Waals surface area contributed by atoms with Gasteiger partial charge in [0, 0.05) is 5.02 Å². The summed E-state index contributed by atoms with van der Waals surface area (Å²) in [7, 11) is 0. The molecular weight excluding hydrogens is 334 g/mol. The Morgan fingerprint density at radius 2 is 1.32 bits per heavy atom. The molecule has 25 heavy (non-hydrogen) atoms. The number of nitrogens with zero attached hydrogens (tertiary/aromatic N) is 1. The highest BCUT2D eigenvalue weighted by Gasteiger charge is 2.40. The van der Waals surface area contributed by atoms with Gasteiger partial charge in [-0.15, -0.1) is 0 Å². The third-order valence-electron chi connectivity index (χ3n) is 4.38. The number of benzene rings is 3. The summed E-state index contributed by atoms with van der Waals surface area (Å²) < 4.78 is 0. The number of hydrogen-bond acceptors (Lipinski definition) is 2. The summed E-state index contributed by atoms with van der Waals surface area (Å²) in [4.78, 5) is 26.8. The number of carbonyl (C=O) groups is 2. The lowest BCUT2D eigenvalue weighted by molar-refractivity contribution is -0.114. The van der Waals surface area contributed by atoms with E-state index in [1.807, 2.05) is 54.6 Å². The van der Waals surface area contributed by atoms with E-state index in [2.05, 4.69) is 0 Å². The lowest BCUT2D eigenvalue weighted by Gasteiger charge is -2.29. The fourth-order valence-electron chi connectivity index (χ4n) is 3.24. The van der Waals surface area contributed by atoms with Gasteiger partial charge in [0.15, 0.2) is 0 Å². The molecule has 0 fully saturated rings. The molecule has 4 heteroatoms. The van der Waals surface area contributed by atoms with E-state index < -0.39 is 17.7 Å². The molecule has 1 aliphatic heterocycles. The average Bonchev–Trinajstić information content (AvgIpc) is 2.90. The van der Waals surface area contributed by atoms with Gasteiger partial charge in [0.05, 0.1) is 17.3 Å². The second-order valence-corrected chi connectivity index (χ2v) is 6.32. The quantitative estimate of drug-likeness (QED) is 0.646. The summed E-state index contributed by atoms with van der Waals surface area (Å²) in [6.07, 6.45) is 0. The maximum atomic E-state index is 12.8. The van der Waals surface area contributed by atoms with Crippen molar-refractivity contribution >= 4 is 29.0 Å². The zero-order chi connectivity index (χ0) is 17.4. The van der Waals surface area contributed by atoms with Crippen LogP contribution in [0.4, 0.5) is 5.69 Å². The molecule has 0 aliphatic carbocycles. The number of amides is 1. The number of para-hydroxylation sites is 1. The predicted molar refractivity (Wildman–Crippen MR) is 98.0 cm³/mol. The van der Waals surface area contributed by atoms with E-state index >= 15 is 0 Å². The molecule has 1 amide bonds. The monoisotopic (exact) mass is 347 g/mol. The Morgan fingerprint density at radius 3 is 2.04 bits per heavy atom. The Balaban J connectivity index is 1.91. The minimum absolute atomic E-state index is 0.390. The average molecular weight is 348 g/mol. The van der Waals surface area contributed by atoms with Gasteiger partial charge < -0.3 is 0 Å². The van der Waals surface area contributed by atoms with Crippen molar-refractivity contribution in [1.82, 2.24) is 0 Å². The number of fused-ring (bicyclic) bond motifs is 1. The lowest BCUT2D eigenvalue weighted by atomic mass is 9.97. The van der Waals surface area contributed by atoms with Crippen LogP contribution in [0.1, 0.15) is 27.5 Å². The number of anilines is 1. The number of Topliss-reactive ketones (excluding diaryl/α,β-unsaturated/α-hetero) is 1. The molecule has 3 nitrogen and oxygen atoms in total. The summed E-state index contributed by atoms with van der Waals surface area (Å²) in [5.41, 5.74) is 2.92. The standard InChI is InChI=1S/C21H14ClNO2/c22-16-12-10-15(11-13-16)19(14-6-2-1-3-7-14)23-18-9-5-4-8-17(18)20(24)21(23)25/h1-13,19H/t19-/m0/s1. The Bertz CT molecular complexity index is 951. The predicted octanol–water partition coefficient (Wildman–Crippen LogP) is 4.66. The molecule has 3 aromatic rings. The van der Waals surface area contributed by atoms with Crippen LogP contribution in [0, 0.1) is 0 Å². The molecule has 1 heterocycles. The van der Waals surface area contributed by atoms with Crippen LogP contribution in [0.25, 0.3) is 0 Å². The third kappa shape index (κ3) is 2.63. The normalized spacial score (nSPS) is 14.5. The molecule has 0 saturated heterocycles. The van der Waals surface area contributed by atoms with Crippen LogP contribution in [0.15, 0.2) is 78.9 Å². The van der Waals surface area contributed by atoms with E-state index in [-0.39, 0.29) is 0 Å². The van der Waals surface area contributed by atoms with E-state index in [0.29, 0.717) is 16.3 Å². The summed E-state index contributed by atoms with van der Waals surface area (Å²) in [6, 6.07) is 23.8. The molecule has 0 bridgehead atoms. The number of carbonyl (C=O) groups excluding carboxylic acids is 2. The molecule has 0 saturated carbocycles. The van der Waals surface area contributed by atoms with Crippen LogP contribution in [0.3, 0.4) is 0 Å². The largest absolute Gasteiger partial charge is 0.300 e. The lowest BCUT2D eigenvalue weighted by Crippen LogP contribution is -2.34. The Kier molecular flexibility index (Phi) is 3.86. The maximum absolute atomic E-state index is 12.8. The summed E-state index contributed by atoms with van der Waals surface area (Å²) in [5, 5.41) is 0.625. The molecule has 4 rings (SSSR count). The van der Waals surface area contributed by atoms with Crippen molar-refractivity contribution in [1.29, 1.82) is 0 Å². The van der Waals surface area contributed by atoms with Crippen LogP contribution in [-0.4, -0.2) is 11.7 Å². The molecule has 122 valence electrons. The van der Waals surface area contributed by atoms with Crippen LogP contribution in [0.5, 0.6) is 0 Å². The van der Waals surface area contributed by atoms with Gasteiger partial charge in [-0.05, 0) is 35.4 Å². The van der Waals surface area contributed by atoms with Crippen molar-refractivity contribution in [3.05, 3.63) is 101 Å². The first-order chi connectivity index (χ1) is 12.2. The second-order valence-electron chi connectivity index (χ2n) is 5.89. The summed E-state index contributed by atoms with van der Waals surface area (Å²) in [5.74, 6) is -0.976. The zero-order valence-electron chi connectivity index (χ0n) is 13.2. The third-order valence-corrected chi connectivity index (χ3v) is 4.63. The van der Waals surface area contributed by atoms with Gasteiger partial charge in [0.2, 0.25) is 0 Å². The molecule has 3 aromatic carbocycles. The summed E-state index contributed by atoms with van der Waals surface area (Å²) in [6.45, 7) is 0. The SMILES string of the molecule is O=C1C(=O)N([C@@H](c2ccccc2)c2ccc(Cl)cc2)c2ccccc21. The van der Waals surface area contributed by atoms with Crippen LogP contribution >= 0.6 is 11.6 Å². The highest BCUT2D eigenvalue weighted by Crippen LogP contribution is 2.39. The van der Waals surface area contributed by atoms with E-state index in [1.54, 1.807) is 29.2 Å². The number of ketones is 1. The number of hydrogen-bond donors (Lipinski definition) is 0. The van der Waals surface area contributed by atoms with E-state index in [9.17, 15) is 9.59 Å². The van der Waals surface area contributed by atoms with Crippen molar-refractivity contribution < 1.29 is 9.59 Å². The highest BCUT2D eigenvalue weighted by atomic mass is 35.5. The number of halogens is 1. The minimum Gasteiger partial charge on any atom is -0.293 e. The summed E-state index contributed by atoms with van der Waals surface area (Å²) >= 11 is 6.02. The smallest absolute Gasteiger partial charge is 0.293 e. The van der Waals surface area contributed by atoms with Crippen LogP contribution < -0.4 is 4.90 Å². The van der Waals surface area contributed by atoms with Crippen molar-refractivity contribution in [3.63, 3.8) is 0 Å². The van der Waals surface area contributed by atoms with Crippen molar-refractivity contribution in [2.45, 2.75) is 6.04 Å². The van der Waals surface area contributed by atoms with Gasteiger partial charge in [-0.25, -0.2) is 0 Å². The van der Waals surface area contributed by atoms with Gasteiger partial charge in [-0.1, -0.05) is 66.2 Å². The van der Waals surface area contributed by atoms with E-state index in [0.717, 1.165) is 11.1 Å². The van der Waals surface area contributed by atoms with Gasteiger partial charge in [-0.2, -0.15) is 0 Å². The maximum Gasteiger partial charge on any atom is 0.300 e.